The molecule has 0 amide bonds. The third-order valence-corrected chi connectivity index (χ3v) is 6.84. The van der Waals surface area contributed by atoms with Crippen LogP contribution in [0, 0.1) is 12.8 Å². The summed E-state index contributed by atoms with van der Waals surface area (Å²) in [7, 11) is -1.80. The molecule has 1 aliphatic heterocycles. The van der Waals surface area contributed by atoms with E-state index in [0.29, 0.717) is 36.3 Å². The minimum atomic E-state index is -3.42. The zero-order valence-electron chi connectivity index (χ0n) is 15.2. The van der Waals surface area contributed by atoms with Crippen LogP contribution in [-0.2, 0) is 10.0 Å². The zero-order chi connectivity index (χ0) is 18.6. The summed E-state index contributed by atoms with van der Waals surface area (Å²) in [6, 6.07) is 14.7. The number of sulfonamides is 1. The molecular formula is C20H25NO4S. The molecule has 0 saturated carbocycles. The van der Waals surface area contributed by atoms with Gasteiger partial charge in [0.2, 0.25) is 10.0 Å². The maximum atomic E-state index is 12.9. The molecule has 0 aliphatic carbocycles. The first kappa shape index (κ1) is 18.7. The lowest BCUT2D eigenvalue weighted by molar-refractivity contribution is 0.266. The van der Waals surface area contributed by atoms with Gasteiger partial charge in [0.15, 0.2) is 11.5 Å². The Kier molecular flexibility index (Phi) is 5.84. The molecule has 2 aromatic rings. The summed E-state index contributed by atoms with van der Waals surface area (Å²) in [5.74, 6) is 1.74. The monoisotopic (exact) mass is 375 g/mol. The average molecular weight is 375 g/mol. The molecule has 1 saturated heterocycles. The third kappa shape index (κ3) is 4.02. The minimum absolute atomic E-state index is 0.309. The standard InChI is InChI=1S/C20H25NO4S/c1-16-7-3-6-10-20(16)26(22,23)21-13-11-17(15-21)12-14-25-19-9-5-4-8-18(19)24-2/h3-10,17H,11-15H2,1-2H3. The van der Waals surface area contributed by atoms with Gasteiger partial charge in [-0.3, -0.25) is 0 Å². The predicted octanol–water partition coefficient (Wildman–Crippen LogP) is 3.48. The summed E-state index contributed by atoms with van der Waals surface area (Å²) in [6.07, 6.45) is 1.68. The molecule has 0 bridgehead atoms. The summed E-state index contributed by atoms with van der Waals surface area (Å²) in [5, 5.41) is 0. The number of methoxy groups -OCH3 is 1. The van der Waals surface area contributed by atoms with Crippen molar-refractivity contribution in [3.8, 4) is 11.5 Å². The van der Waals surface area contributed by atoms with Crippen molar-refractivity contribution in [1.29, 1.82) is 0 Å². The van der Waals surface area contributed by atoms with E-state index in [4.69, 9.17) is 9.47 Å². The Morgan fingerprint density at radius 2 is 1.77 bits per heavy atom. The van der Waals surface area contributed by atoms with Crippen LogP contribution in [0.3, 0.4) is 0 Å². The van der Waals surface area contributed by atoms with Crippen molar-refractivity contribution in [2.45, 2.75) is 24.7 Å². The van der Waals surface area contributed by atoms with E-state index in [-0.39, 0.29) is 0 Å². The smallest absolute Gasteiger partial charge is 0.243 e. The van der Waals surface area contributed by atoms with Crippen LogP contribution in [0.25, 0.3) is 0 Å². The van der Waals surface area contributed by atoms with Gasteiger partial charge in [-0.15, -0.1) is 0 Å². The third-order valence-electron chi connectivity index (χ3n) is 4.81. The molecule has 0 spiro atoms. The Morgan fingerprint density at radius 3 is 2.50 bits per heavy atom. The second-order valence-electron chi connectivity index (χ2n) is 6.57. The lowest BCUT2D eigenvalue weighted by atomic mass is 10.1. The van der Waals surface area contributed by atoms with Crippen LogP contribution >= 0.6 is 0 Å². The van der Waals surface area contributed by atoms with Crippen LogP contribution in [-0.4, -0.2) is 39.5 Å². The number of benzene rings is 2. The van der Waals surface area contributed by atoms with Crippen LogP contribution in [0.4, 0.5) is 0 Å². The van der Waals surface area contributed by atoms with Gasteiger partial charge in [0.25, 0.3) is 0 Å². The Morgan fingerprint density at radius 1 is 1.08 bits per heavy atom. The fourth-order valence-electron chi connectivity index (χ4n) is 3.31. The van der Waals surface area contributed by atoms with Crippen LogP contribution in [0.5, 0.6) is 11.5 Å². The normalized spacial score (nSPS) is 18.0. The Bertz CT molecular complexity index is 850. The first-order chi connectivity index (χ1) is 12.5. The van der Waals surface area contributed by atoms with Crippen molar-refractivity contribution >= 4 is 10.0 Å². The Balaban J connectivity index is 1.56. The maximum absolute atomic E-state index is 12.9. The van der Waals surface area contributed by atoms with E-state index in [1.54, 1.807) is 23.5 Å². The van der Waals surface area contributed by atoms with E-state index in [1.807, 2.05) is 43.3 Å². The fourth-order valence-corrected chi connectivity index (χ4v) is 5.07. The number of nitrogens with zero attached hydrogens (tertiary/aromatic N) is 1. The van der Waals surface area contributed by atoms with Gasteiger partial charge in [-0.2, -0.15) is 4.31 Å². The van der Waals surface area contributed by atoms with Crippen molar-refractivity contribution in [2.75, 3.05) is 26.8 Å². The van der Waals surface area contributed by atoms with Crippen molar-refractivity contribution in [2.24, 2.45) is 5.92 Å². The van der Waals surface area contributed by atoms with Crippen molar-refractivity contribution in [3.05, 3.63) is 54.1 Å². The molecule has 1 fully saturated rings. The molecule has 0 aromatic heterocycles. The van der Waals surface area contributed by atoms with Crippen molar-refractivity contribution in [3.63, 3.8) is 0 Å². The predicted molar refractivity (Wildman–Crippen MR) is 101 cm³/mol. The van der Waals surface area contributed by atoms with Gasteiger partial charge in [-0.1, -0.05) is 30.3 Å². The molecule has 26 heavy (non-hydrogen) atoms. The first-order valence-electron chi connectivity index (χ1n) is 8.84. The van der Waals surface area contributed by atoms with Gasteiger partial charge in [0.1, 0.15) is 0 Å². The van der Waals surface area contributed by atoms with E-state index in [1.165, 1.54) is 0 Å². The molecule has 1 unspecified atom stereocenters. The molecule has 1 heterocycles. The summed E-state index contributed by atoms with van der Waals surface area (Å²) in [6.45, 7) is 3.49. The van der Waals surface area contributed by atoms with E-state index in [0.717, 1.165) is 24.2 Å². The average Bonchev–Trinajstić information content (AvgIpc) is 3.12. The molecule has 3 rings (SSSR count). The van der Waals surface area contributed by atoms with Gasteiger partial charge >= 0.3 is 0 Å². The summed E-state index contributed by atoms with van der Waals surface area (Å²) in [5.41, 5.74) is 0.787. The van der Waals surface area contributed by atoms with Crippen LogP contribution in [0.2, 0.25) is 0 Å². The van der Waals surface area contributed by atoms with Crippen molar-refractivity contribution in [1.82, 2.24) is 4.31 Å². The lowest BCUT2D eigenvalue weighted by Crippen LogP contribution is -2.29. The SMILES string of the molecule is COc1ccccc1OCCC1CCN(S(=O)(=O)c2ccccc2C)C1. The quantitative estimate of drug-likeness (QED) is 0.743. The number of ether oxygens (including phenoxy) is 2. The molecule has 6 heteroatoms. The Labute approximate surface area is 155 Å². The molecule has 1 atom stereocenters. The molecule has 140 valence electrons. The van der Waals surface area contributed by atoms with Crippen LogP contribution < -0.4 is 9.47 Å². The van der Waals surface area contributed by atoms with Gasteiger partial charge in [0.05, 0.1) is 18.6 Å². The topological polar surface area (TPSA) is 55.8 Å². The van der Waals surface area contributed by atoms with E-state index >= 15 is 0 Å². The van der Waals surface area contributed by atoms with Gasteiger partial charge in [-0.05, 0) is 49.4 Å². The molecule has 0 radical (unpaired) electrons. The molecule has 1 aliphatic rings. The van der Waals surface area contributed by atoms with Crippen LogP contribution in [0.1, 0.15) is 18.4 Å². The second kappa shape index (κ2) is 8.10. The second-order valence-corrected chi connectivity index (χ2v) is 8.48. The van der Waals surface area contributed by atoms with E-state index in [9.17, 15) is 8.42 Å². The number of rotatable bonds is 7. The highest BCUT2D eigenvalue weighted by Crippen LogP contribution is 2.29. The molecule has 5 nitrogen and oxygen atoms in total. The van der Waals surface area contributed by atoms with Crippen LogP contribution in [0.15, 0.2) is 53.4 Å². The number of aryl methyl sites for hydroxylation is 1. The van der Waals surface area contributed by atoms with Crippen molar-refractivity contribution < 1.29 is 17.9 Å². The maximum Gasteiger partial charge on any atom is 0.243 e. The number of para-hydroxylation sites is 2. The summed E-state index contributed by atoms with van der Waals surface area (Å²) < 4.78 is 38.4. The van der Waals surface area contributed by atoms with Gasteiger partial charge < -0.3 is 9.47 Å². The molecular weight excluding hydrogens is 350 g/mol. The number of hydrogen-bond acceptors (Lipinski definition) is 4. The summed E-state index contributed by atoms with van der Waals surface area (Å²) >= 11 is 0. The molecule has 2 aromatic carbocycles. The van der Waals surface area contributed by atoms with Gasteiger partial charge in [0, 0.05) is 13.1 Å². The Hall–Kier alpha value is -2.05. The lowest BCUT2D eigenvalue weighted by Gasteiger charge is -2.18. The summed E-state index contributed by atoms with van der Waals surface area (Å²) in [4.78, 5) is 0.408. The van der Waals surface area contributed by atoms with E-state index in [2.05, 4.69) is 0 Å². The van der Waals surface area contributed by atoms with Gasteiger partial charge in [-0.25, -0.2) is 8.42 Å². The highest BCUT2D eigenvalue weighted by Gasteiger charge is 2.33. The highest BCUT2D eigenvalue weighted by molar-refractivity contribution is 7.89. The fraction of sp³-hybridized carbons (Fsp3) is 0.400. The number of hydrogen-bond donors (Lipinski definition) is 0. The minimum Gasteiger partial charge on any atom is -0.493 e. The first-order valence-corrected chi connectivity index (χ1v) is 10.3. The van der Waals surface area contributed by atoms with E-state index < -0.39 is 10.0 Å². The molecule has 0 N–H and O–H groups in total. The largest absolute Gasteiger partial charge is 0.493 e. The zero-order valence-corrected chi connectivity index (χ0v) is 16.0. The highest BCUT2D eigenvalue weighted by atomic mass is 32.2.